The van der Waals surface area contributed by atoms with Gasteiger partial charge in [-0.25, -0.2) is 0 Å². The summed E-state index contributed by atoms with van der Waals surface area (Å²) in [6.45, 7) is 22.8. The molecule has 0 bridgehead atoms. The van der Waals surface area contributed by atoms with E-state index in [0.717, 1.165) is 14.4 Å². The molecule has 6 rings (SSSR count). The molecule has 0 amide bonds. The van der Waals surface area contributed by atoms with Gasteiger partial charge in [-0.1, -0.05) is 0 Å². The summed E-state index contributed by atoms with van der Waals surface area (Å²) in [7, 11) is 17.8. The topological polar surface area (TPSA) is 0 Å². The van der Waals surface area contributed by atoms with Gasteiger partial charge in [0.15, 0.2) is 0 Å². The second-order valence-electron chi connectivity index (χ2n) is 16.9. The number of hydrogen-bond acceptors (Lipinski definition) is 0. The van der Waals surface area contributed by atoms with Crippen molar-refractivity contribution in [1.82, 2.24) is 0 Å². The van der Waals surface area contributed by atoms with E-state index >= 15 is 0 Å². The van der Waals surface area contributed by atoms with Gasteiger partial charge < -0.3 is 0 Å². The van der Waals surface area contributed by atoms with E-state index in [2.05, 4.69) is 178 Å². The third-order valence-electron chi connectivity index (χ3n) is 10.8. The Hall–Kier alpha value is -2.32. The Bertz CT molecular complexity index is 1850. The average molecular weight is 842 g/mol. The molecule has 0 atom stereocenters. The van der Waals surface area contributed by atoms with Gasteiger partial charge in [0.25, 0.3) is 0 Å². The maximum absolute atomic E-state index is 8.88. The molecule has 48 heavy (non-hydrogen) atoms. The molecule has 0 N–H and O–H groups in total. The van der Waals surface area contributed by atoms with E-state index in [1.54, 1.807) is 0 Å². The van der Waals surface area contributed by atoms with Crippen molar-refractivity contribution >= 4 is 20.4 Å². The van der Waals surface area contributed by atoms with E-state index in [4.69, 9.17) is 17.2 Å². The predicted octanol–water partition coefficient (Wildman–Crippen LogP) is 13.8. The molecule has 0 saturated carbocycles. The Kier molecular flexibility index (Phi) is 9.22. The van der Waals surface area contributed by atoms with Crippen LogP contribution in [-0.2, 0) is 26.5 Å². The summed E-state index contributed by atoms with van der Waals surface area (Å²) in [5, 5.41) is 0. The second-order valence-corrected chi connectivity index (χ2v) is 46.4. The molecule has 4 aromatic carbocycles. The van der Waals surface area contributed by atoms with Crippen molar-refractivity contribution in [2.75, 3.05) is 0 Å². The summed E-state index contributed by atoms with van der Waals surface area (Å²) < 4.78 is 0.949. The number of rotatable bonds is 6. The van der Waals surface area contributed by atoms with Gasteiger partial charge in [0.1, 0.15) is 0 Å². The zero-order chi connectivity index (χ0) is 34.8. The molecule has 0 heterocycles. The van der Waals surface area contributed by atoms with Crippen LogP contribution in [0, 0.1) is 0 Å². The number of halogens is 2. The molecular weight excluding hydrogens is 790 g/mol. The summed E-state index contributed by atoms with van der Waals surface area (Å²) in [6, 6.07) is 32.5. The van der Waals surface area contributed by atoms with Gasteiger partial charge in [-0.2, -0.15) is 0 Å². The first-order chi connectivity index (χ1) is 22.4. The first-order valence-corrected chi connectivity index (χ1v) is 32.6. The van der Waals surface area contributed by atoms with Crippen molar-refractivity contribution in [1.29, 1.82) is 0 Å². The van der Waals surface area contributed by atoms with Gasteiger partial charge in [-0.15, -0.1) is 0 Å². The van der Waals surface area contributed by atoms with Crippen molar-refractivity contribution in [3.8, 4) is 11.1 Å². The van der Waals surface area contributed by atoms with Crippen LogP contribution in [0.2, 0.25) is 3.67 Å². The Morgan fingerprint density at radius 3 is 1.27 bits per heavy atom. The first kappa shape index (κ1) is 35.5. The quantitative estimate of drug-likeness (QED) is 0.170. The third kappa shape index (κ3) is 6.05. The zero-order valence-electron chi connectivity index (χ0n) is 30.5. The van der Waals surface area contributed by atoms with Gasteiger partial charge in [-0.05, 0) is 0 Å². The van der Waals surface area contributed by atoms with E-state index < -0.39 is 15.7 Å². The van der Waals surface area contributed by atoms with Crippen LogP contribution in [0.25, 0.3) is 11.1 Å². The van der Waals surface area contributed by atoms with E-state index in [0.29, 0.717) is 11.8 Å². The van der Waals surface area contributed by atoms with Gasteiger partial charge in [-0.3, -0.25) is 0 Å². The molecule has 0 radical (unpaired) electrons. The molecule has 0 aromatic heterocycles. The molecule has 0 saturated heterocycles. The molecule has 0 spiro atoms. The van der Waals surface area contributed by atoms with E-state index in [1.165, 1.54) is 44.5 Å². The van der Waals surface area contributed by atoms with Crippen molar-refractivity contribution in [2.45, 2.75) is 99.3 Å². The fourth-order valence-corrected chi connectivity index (χ4v) is 35.6. The molecule has 2 aliphatic rings. The molecule has 0 nitrogen and oxygen atoms in total. The fourth-order valence-electron chi connectivity index (χ4n) is 7.84. The number of fused-ring (bicyclic) bond motifs is 3. The van der Waals surface area contributed by atoms with Gasteiger partial charge in [0.2, 0.25) is 0 Å². The third-order valence-corrected chi connectivity index (χ3v) is 39.0. The van der Waals surface area contributed by atoms with Gasteiger partial charge in [0.05, 0.1) is 0 Å². The standard InChI is InChI=1S/C21H25.C19H22.C5H5.2ClH.Hf/c1-20(2,3)16-7-9-18-14(12-16)11-15-13-17(21(4,5)6)8-10-19(15)18;1-14(2)18-9-5-16(6-10-18)13-17-7-11-19(12-8-17)15(3)4;1-2-4-5-3-1;;;/h7-13H,1-6H3;5-12,14-15H,1-4H3;1-5H;2*1H;/q;;;;;+2/p-2. The van der Waals surface area contributed by atoms with Crippen LogP contribution in [0.3, 0.4) is 0 Å². The summed E-state index contributed by atoms with van der Waals surface area (Å²) in [5.41, 5.74) is 12.6. The van der Waals surface area contributed by atoms with Crippen molar-refractivity contribution in [3.05, 3.63) is 154 Å². The molecule has 0 unspecified atom stereocenters. The van der Waals surface area contributed by atoms with Crippen LogP contribution in [0.5, 0.6) is 0 Å². The molecule has 2 aliphatic carbocycles. The van der Waals surface area contributed by atoms with E-state index in [-0.39, 0.29) is 18.2 Å². The van der Waals surface area contributed by atoms with Crippen molar-refractivity contribution in [3.63, 3.8) is 0 Å². The summed E-state index contributed by atoms with van der Waals surface area (Å²) >= 11 is -5.61. The van der Waals surface area contributed by atoms with Crippen molar-refractivity contribution < 1.29 is 15.7 Å². The maximum atomic E-state index is 8.88. The van der Waals surface area contributed by atoms with Crippen molar-refractivity contribution in [2.24, 2.45) is 0 Å². The van der Waals surface area contributed by atoms with Crippen LogP contribution < -0.4 is 0 Å². The summed E-state index contributed by atoms with van der Waals surface area (Å²) in [5.74, 6) is 0.868. The number of benzene rings is 4. The van der Waals surface area contributed by atoms with Crippen LogP contribution in [0.4, 0.5) is 0 Å². The minimum atomic E-state index is -5.61. The molecule has 250 valence electrons. The van der Waals surface area contributed by atoms with Gasteiger partial charge >= 0.3 is 300 Å². The zero-order valence-corrected chi connectivity index (χ0v) is 35.6. The van der Waals surface area contributed by atoms with E-state index in [9.17, 15) is 0 Å². The molecule has 0 fully saturated rings. The molecule has 3 heteroatoms. The summed E-state index contributed by atoms with van der Waals surface area (Å²) in [4.78, 5) is 0. The average Bonchev–Trinajstić information content (AvgIpc) is 3.68. The fraction of sp³-hybridized carbons (Fsp3) is 0.356. The Balaban J connectivity index is 1.82. The summed E-state index contributed by atoms with van der Waals surface area (Å²) in [6.07, 6.45) is 8.89. The van der Waals surface area contributed by atoms with Crippen LogP contribution >= 0.6 is 17.2 Å². The molecule has 0 aliphatic heterocycles. The second kappa shape index (κ2) is 12.5. The molecular formula is C45H52Cl2Hf. The first-order valence-electron chi connectivity index (χ1n) is 17.7. The number of allylic oxidation sites excluding steroid dienone is 4. The van der Waals surface area contributed by atoms with Crippen LogP contribution in [0.15, 0.2) is 109 Å². The van der Waals surface area contributed by atoms with E-state index in [1.807, 2.05) is 0 Å². The van der Waals surface area contributed by atoms with Crippen LogP contribution in [0.1, 0.15) is 129 Å². The Morgan fingerprint density at radius 2 is 0.938 bits per heavy atom. The monoisotopic (exact) mass is 842 g/mol. The van der Waals surface area contributed by atoms with Crippen LogP contribution in [-0.4, -0.2) is 3.26 Å². The minimum absolute atomic E-state index is 0.0188. The SMILES string of the molecule is CC(C)c1ccc([C](c2ccc(C(C)C)cc2)=[Hf]([Cl])([Cl])([CH]2C=CC=C2)[CH]2c3cc(C(C)(C)C)ccc3-c3ccc(C(C)(C)C)cc32)cc1. The Morgan fingerprint density at radius 1 is 0.562 bits per heavy atom. The Labute approximate surface area is 298 Å². The normalized spacial score (nSPS) is 15.5. The van der Waals surface area contributed by atoms with Gasteiger partial charge in [0, 0.05) is 0 Å². The predicted molar refractivity (Wildman–Crippen MR) is 209 cm³/mol. The number of hydrogen-bond donors (Lipinski definition) is 0. The molecule has 4 aromatic rings.